The van der Waals surface area contributed by atoms with Gasteiger partial charge in [0.15, 0.2) is 0 Å². The summed E-state index contributed by atoms with van der Waals surface area (Å²) in [7, 11) is 1.71. The van der Waals surface area contributed by atoms with Gasteiger partial charge in [0.05, 0.1) is 6.61 Å². The van der Waals surface area contributed by atoms with Crippen LogP contribution in [0.2, 0.25) is 0 Å². The van der Waals surface area contributed by atoms with Crippen LogP contribution >= 0.6 is 0 Å². The van der Waals surface area contributed by atoms with Crippen LogP contribution in [0.5, 0.6) is 0 Å². The highest BCUT2D eigenvalue weighted by molar-refractivity contribution is 5.94. The van der Waals surface area contributed by atoms with Crippen LogP contribution in [0, 0.1) is 11.3 Å². The number of allylic oxidation sites excluding steroid dienone is 3. The van der Waals surface area contributed by atoms with E-state index in [1.165, 1.54) is 5.57 Å². The van der Waals surface area contributed by atoms with Crippen molar-refractivity contribution in [2.24, 2.45) is 0 Å². The third-order valence-electron chi connectivity index (χ3n) is 3.93. The number of carbonyl (C=O) groups excluding carboxylic acids is 1. The van der Waals surface area contributed by atoms with Crippen LogP contribution in [0.3, 0.4) is 0 Å². The third-order valence-corrected chi connectivity index (χ3v) is 3.93. The zero-order chi connectivity index (χ0) is 17.6. The van der Waals surface area contributed by atoms with Gasteiger partial charge >= 0.3 is 5.97 Å². The van der Waals surface area contributed by atoms with Crippen molar-refractivity contribution in [1.82, 2.24) is 0 Å². The van der Waals surface area contributed by atoms with Crippen molar-refractivity contribution in [2.45, 2.75) is 51.9 Å². The Hall–Kier alpha value is -1.64. The lowest BCUT2D eigenvalue weighted by Crippen LogP contribution is -2.12. The molecule has 1 aliphatic carbocycles. The van der Waals surface area contributed by atoms with Gasteiger partial charge in [0.1, 0.15) is 11.6 Å². The Balaban J connectivity index is 2.58. The number of hydrogen-bond donors (Lipinski definition) is 0. The van der Waals surface area contributed by atoms with Gasteiger partial charge in [-0.1, -0.05) is 11.6 Å². The topological polar surface area (TPSA) is 68.5 Å². The molecule has 5 nitrogen and oxygen atoms in total. The lowest BCUT2D eigenvalue weighted by molar-refractivity contribution is -0.139. The average Bonchev–Trinajstić information content (AvgIpc) is 2.60. The molecule has 0 aliphatic heterocycles. The molecule has 0 heterocycles. The van der Waals surface area contributed by atoms with Gasteiger partial charge < -0.3 is 14.2 Å². The first kappa shape index (κ1) is 20.4. The summed E-state index contributed by atoms with van der Waals surface area (Å²) in [5.74, 6) is -0.513. The summed E-state index contributed by atoms with van der Waals surface area (Å²) >= 11 is 0. The number of carbonyl (C=O) groups is 1. The van der Waals surface area contributed by atoms with E-state index >= 15 is 0 Å². The zero-order valence-electron chi connectivity index (χ0n) is 14.9. The van der Waals surface area contributed by atoms with E-state index in [-0.39, 0.29) is 12.2 Å². The second kappa shape index (κ2) is 12.7. The van der Waals surface area contributed by atoms with E-state index in [0.717, 1.165) is 50.7 Å². The molecular weight excluding hydrogens is 306 g/mol. The van der Waals surface area contributed by atoms with Crippen LogP contribution < -0.4 is 0 Å². The fraction of sp³-hybridized carbons (Fsp3) is 0.684. The van der Waals surface area contributed by atoms with E-state index in [1.54, 1.807) is 7.11 Å². The molecular formula is C19H29NO4. The van der Waals surface area contributed by atoms with Crippen LogP contribution in [0.4, 0.5) is 0 Å². The Kier molecular flexibility index (Phi) is 10.8. The second-order valence-corrected chi connectivity index (χ2v) is 5.80. The quantitative estimate of drug-likeness (QED) is 0.249. The molecule has 0 aromatic carbocycles. The lowest BCUT2D eigenvalue weighted by Gasteiger charge is -2.16. The summed E-state index contributed by atoms with van der Waals surface area (Å²) in [5.41, 5.74) is 2.28. The first-order valence-electron chi connectivity index (χ1n) is 8.79. The molecule has 1 aliphatic rings. The van der Waals surface area contributed by atoms with E-state index in [9.17, 15) is 10.1 Å². The largest absolute Gasteiger partial charge is 0.461 e. The lowest BCUT2D eigenvalue weighted by atomic mass is 9.90. The molecule has 0 unspecified atom stereocenters. The molecule has 0 saturated heterocycles. The number of ether oxygens (including phenoxy) is 3. The predicted molar refractivity (Wildman–Crippen MR) is 92.4 cm³/mol. The number of rotatable bonds is 11. The summed E-state index contributed by atoms with van der Waals surface area (Å²) in [6, 6.07) is 2.03. The van der Waals surface area contributed by atoms with Gasteiger partial charge in [0, 0.05) is 33.4 Å². The summed E-state index contributed by atoms with van der Waals surface area (Å²) in [6.07, 6.45) is 8.54. The van der Waals surface area contributed by atoms with Crippen molar-refractivity contribution < 1.29 is 19.0 Å². The van der Waals surface area contributed by atoms with E-state index in [1.807, 2.05) is 19.1 Å². The Morgan fingerprint density at radius 2 is 2.04 bits per heavy atom. The molecule has 0 bridgehead atoms. The van der Waals surface area contributed by atoms with Gasteiger partial charge in [-0.3, -0.25) is 0 Å². The maximum absolute atomic E-state index is 12.1. The summed E-state index contributed by atoms with van der Waals surface area (Å²) in [6.45, 7) is 4.19. The molecule has 0 spiro atoms. The Morgan fingerprint density at radius 1 is 1.21 bits per heavy atom. The minimum atomic E-state index is -0.513. The third kappa shape index (κ3) is 7.76. The second-order valence-electron chi connectivity index (χ2n) is 5.80. The number of nitrogens with zero attached hydrogens (tertiary/aromatic N) is 1. The average molecular weight is 335 g/mol. The molecule has 134 valence electrons. The van der Waals surface area contributed by atoms with Gasteiger partial charge in [-0.05, 0) is 51.0 Å². The van der Waals surface area contributed by atoms with Gasteiger partial charge in [-0.2, -0.15) is 5.26 Å². The molecule has 0 aromatic rings. The van der Waals surface area contributed by atoms with Crippen molar-refractivity contribution in [2.75, 3.05) is 33.5 Å². The molecule has 0 fully saturated rings. The van der Waals surface area contributed by atoms with E-state index < -0.39 is 5.97 Å². The minimum Gasteiger partial charge on any atom is -0.461 e. The van der Waals surface area contributed by atoms with Crippen LogP contribution in [-0.4, -0.2) is 39.5 Å². The standard InChI is InChI=1S/C19H29NO4/c1-3-23-12-7-13-24-19(21)18(15-20)17-10-6-9-16(14-17)8-4-5-11-22-2/h14H,3-13H2,1-2H3/b18-17-. The Bertz CT molecular complexity index is 488. The van der Waals surface area contributed by atoms with Gasteiger partial charge in [0.2, 0.25) is 0 Å². The smallest absolute Gasteiger partial charge is 0.349 e. The fourth-order valence-corrected chi connectivity index (χ4v) is 2.68. The van der Waals surface area contributed by atoms with Crippen molar-refractivity contribution in [1.29, 1.82) is 5.26 Å². The fourth-order valence-electron chi connectivity index (χ4n) is 2.68. The molecule has 24 heavy (non-hydrogen) atoms. The van der Waals surface area contributed by atoms with Crippen LogP contribution in [0.1, 0.15) is 51.9 Å². The van der Waals surface area contributed by atoms with Crippen molar-refractivity contribution in [3.05, 3.63) is 22.8 Å². The monoisotopic (exact) mass is 335 g/mol. The highest BCUT2D eigenvalue weighted by atomic mass is 16.5. The van der Waals surface area contributed by atoms with Gasteiger partial charge in [-0.25, -0.2) is 4.79 Å². The molecule has 0 atom stereocenters. The Morgan fingerprint density at radius 3 is 2.75 bits per heavy atom. The number of unbranched alkanes of at least 4 members (excludes halogenated alkanes) is 1. The minimum absolute atomic E-state index is 0.153. The Labute approximate surface area is 145 Å². The predicted octanol–water partition coefficient (Wildman–Crippen LogP) is 3.70. The molecule has 1 rings (SSSR count). The number of nitriles is 1. The normalized spacial score (nSPS) is 16.3. The van der Waals surface area contributed by atoms with Crippen LogP contribution in [-0.2, 0) is 19.0 Å². The molecule has 5 heteroatoms. The number of hydrogen-bond acceptors (Lipinski definition) is 5. The first-order chi connectivity index (χ1) is 11.7. The highest BCUT2D eigenvalue weighted by Crippen LogP contribution is 2.28. The van der Waals surface area contributed by atoms with E-state index in [0.29, 0.717) is 19.6 Å². The number of esters is 1. The molecule has 0 amide bonds. The van der Waals surface area contributed by atoms with E-state index in [2.05, 4.69) is 0 Å². The van der Waals surface area contributed by atoms with Crippen molar-refractivity contribution in [3.8, 4) is 6.07 Å². The van der Waals surface area contributed by atoms with Gasteiger partial charge in [0.25, 0.3) is 0 Å². The molecule has 0 aromatic heterocycles. The van der Waals surface area contributed by atoms with Crippen molar-refractivity contribution in [3.63, 3.8) is 0 Å². The summed E-state index contributed by atoms with van der Waals surface area (Å²) in [4.78, 5) is 12.1. The summed E-state index contributed by atoms with van der Waals surface area (Å²) < 4.78 is 15.5. The number of methoxy groups -OCH3 is 1. The SMILES string of the molecule is CCOCCCOC(=O)/C(C#N)=C1\C=C(CCCCOC)CCC1. The van der Waals surface area contributed by atoms with Crippen molar-refractivity contribution >= 4 is 5.97 Å². The van der Waals surface area contributed by atoms with Crippen LogP contribution in [0.15, 0.2) is 22.8 Å². The zero-order valence-corrected chi connectivity index (χ0v) is 14.9. The molecule has 0 radical (unpaired) electrons. The van der Waals surface area contributed by atoms with Crippen LogP contribution in [0.25, 0.3) is 0 Å². The molecule has 0 N–H and O–H groups in total. The van der Waals surface area contributed by atoms with Gasteiger partial charge in [-0.15, -0.1) is 0 Å². The maximum atomic E-state index is 12.1. The first-order valence-corrected chi connectivity index (χ1v) is 8.79. The van der Waals surface area contributed by atoms with E-state index in [4.69, 9.17) is 14.2 Å². The molecule has 0 saturated carbocycles. The summed E-state index contributed by atoms with van der Waals surface area (Å²) in [5, 5.41) is 9.34. The maximum Gasteiger partial charge on any atom is 0.349 e. The highest BCUT2D eigenvalue weighted by Gasteiger charge is 2.18.